The predicted octanol–water partition coefficient (Wildman–Crippen LogP) is 4.23. The molecule has 0 aliphatic carbocycles. The molecule has 1 atom stereocenters. The number of anilines is 1. The van der Waals surface area contributed by atoms with Crippen molar-refractivity contribution in [2.75, 3.05) is 5.32 Å². The van der Waals surface area contributed by atoms with Crippen LogP contribution in [0.2, 0.25) is 15.2 Å². The second kappa shape index (κ2) is 7.64. The number of halogens is 3. The largest absolute Gasteiger partial charge is 0.449 e. The highest BCUT2D eigenvalue weighted by Gasteiger charge is 2.21. The van der Waals surface area contributed by atoms with E-state index >= 15 is 0 Å². The van der Waals surface area contributed by atoms with Crippen LogP contribution in [0, 0.1) is 0 Å². The maximum absolute atomic E-state index is 12.1. The summed E-state index contributed by atoms with van der Waals surface area (Å²) >= 11 is 17.6. The van der Waals surface area contributed by atoms with Crippen molar-refractivity contribution >= 4 is 52.4 Å². The standard InChI is InChI=1S/C15H11Cl3N2O3/c1-8(23-15(22)10-3-2-6-19-13(10)18)14(21)20-12-7-9(16)4-5-11(12)17/h2-8H,1H3,(H,20,21). The third-order valence-electron chi connectivity index (χ3n) is 2.82. The van der Waals surface area contributed by atoms with Gasteiger partial charge in [-0.15, -0.1) is 0 Å². The fraction of sp³-hybridized carbons (Fsp3) is 0.133. The highest BCUT2D eigenvalue weighted by molar-refractivity contribution is 6.35. The lowest BCUT2D eigenvalue weighted by Gasteiger charge is -2.14. The number of nitrogens with zero attached hydrogens (tertiary/aromatic N) is 1. The van der Waals surface area contributed by atoms with Crippen LogP contribution in [0.15, 0.2) is 36.5 Å². The average molecular weight is 374 g/mol. The number of hydrogen-bond donors (Lipinski definition) is 1. The van der Waals surface area contributed by atoms with Gasteiger partial charge in [-0.1, -0.05) is 34.8 Å². The van der Waals surface area contributed by atoms with Crippen molar-refractivity contribution in [2.45, 2.75) is 13.0 Å². The van der Waals surface area contributed by atoms with Gasteiger partial charge in [0, 0.05) is 11.2 Å². The summed E-state index contributed by atoms with van der Waals surface area (Å²) in [6.45, 7) is 1.43. The molecule has 120 valence electrons. The van der Waals surface area contributed by atoms with Crippen molar-refractivity contribution in [3.63, 3.8) is 0 Å². The molecule has 23 heavy (non-hydrogen) atoms. The Labute approximate surface area is 147 Å². The van der Waals surface area contributed by atoms with E-state index in [0.717, 1.165) is 0 Å². The van der Waals surface area contributed by atoms with Crippen molar-refractivity contribution in [3.8, 4) is 0 Å². The summed E-state index contributed by atoms with van der Waals surface area (Å²) in [5.74, 6) is -1.30. The molecule has 0 saturated heterocycles. The molecule has 8 heteroatoms. The number of hydrogen-bond acceptors (Lipinski definition) is 4. The zero-order valence-electron chi connectivity index (χ0n) is 11.8. The van der Waals surface area contributed by atoms with Crippen molar-refractivity contribution in [3.05, 3.63) is 57.3 Å². The third-order valence-corrected chi connectivity index (χ3v) is 3.68. The number of benzene rings is 1. The molecule has 0 bridgehead atoms. The van der Waals surface area contributed by atoms with Gasteiger partial charge in [0.15, 0.2) is 6.10 Å². The van der Waals surface area contributed by atoms with Crippen LogP contribution in [0.3, 0.4) is 0 Å². The number of ether oxygens (including phenoxy) is 1. The first-order valence-electron chi connectivity index (χ1n) is 6.46. The van der Waals surface area contributed by atoms with Gasteiger partial charge in [-0.05, 0) is 37.3 Å². The second-order valence-corrected chi connectivity index (χ2v) is 5.70. The molecular formula is C15H11Cl3N2O3. The van der Waals surface area contributed by atoms with Gasteiger partial charge in [0.25, 0.3) is 5.91 Å². The molecule has 1 amide bonds. The molecule has 0 aliphatic heterocycles. The van der Waals surface area contributed by atoms with Crippen LogP contribution < -0.4 is 5.32 Å². The summed E-state index contributed by atoms with van der Waals surface area (Å²) < 4.78 is 5.07. The Hall–Kier alpha value is -1.82. The molecule has 1 N–H and O–H groups in total. The molecule has 0 saturated carbocycles. The van der Waals surface area contributed by atoms with Gasteiger partial charge >= 0.3 is 5.97 Å². The van der Waals surface area contributed by atoms with E-state index in [4.69, 9.17) is 39.5 Å². The van der Waals surface area contributed by atoms with Crippen LogP contribution in [0.5, 0.6) is 0 Å². The first kappa shape index (κ1) is 17.5. The van der Waals surface area contributed by atoms with Crippen LogP contribution in [0.25, 0.3) is 0 Å². The number of pyridine rings is 1. The molecule has 0 fully saturated rings. The SMILES string of the molecule is CC(OC(=O)c1cccnc1Cl)C(=O)Nc1cc(Cl)ccc1Cl. The van der Waals surface area contributed by atoms with Crippen molar-refractivity contribution in [1.82, 2.24) is 4.98 Å². The summed E-state index contributed by atoms with van der Waals surface area (Å²) in [7, 11) is 0. The molecule has 0 aliphatic rings. The lowest BCUT2D eigenvalue weighted by molar-refractivity contribution is -0.123. The Morgan fingerprint density at radius 3 is 2.65 bits per heavy atom. The van der Waals surface area contributed by atoms with Gasteiger partial charge in [0.1, 0.15) is 5.15 Å². The number of rotatable bonds is 4. The lowest BCUT2D eigenvalue weighted by Crippen LogP contribution is -2.30. The molecule has 1 unspecified atom stereocenters. The lowest BCUT2D eigenvalue weighted by atomic mass is 10.2. The second-order valence-electron chi connectivity index (χ2n) is 4.50. The summed E-state index contributed by atoms with van der Waals surface area (Å²) in [6.07, 6.45) is 0.380. The highest BCUT2D eigenvalue weighted by atomic mass is 35.5. The first-order valence-corrected chi connectivity index (χ1v) is 7.59. The molecular weight excluding hydrogens is 363 g/mol. The fourth-order valence-electron chi connectivity index (χ4n) is 1.64. The van der Waals surface area contributed by atoms with Crippen LogP contribution in [-0.2, 0) is 9.53 Å². The molecule has 5 nitrogen and oxygen atoms in total. The number of amides is 1. The molecule has 2 aromatic rings. The number of aromatic nitrogens is 1. The van der Waals surface area contributed by atoms with Crippen LogP contribution in [0.1, 0.15) is 17.3 Å². The van der Waals surface area contributed by atoms with E-state index in [0.29, 0.717) is 15.7 Å². The number of carbonyl (C=O) groups is 2. The molecule has 2 rings (SSSR count). The smallest absolute Gasteiger partial charge is 0.342 e. The summed E-state index contributed by atoms with van der Waals surface area (Å²) in [4.78, 5) is 27.8. The highest BCUT2D eigenvalue weighted by Crippen LogP contribution is 2.25. The average Bonchev–Trinajstić information content (AvgIpc) is 2.51. The summed E-state index contributed by atoms with van der Waals surface area (Å²) in [5.41, 5.74) is 0.404. The normalized spacial score (nSPS) is 11.7. The van der Waals surface area contributed by atoms with E-state index in [-0.39, 0.29) is 10.7 Å². The van der Waals surface area contributed by atoms with E-state index in [2.05, 4.69) is 10.3 Å². The zero-order chi connectivity index (χ0) is 17.0. The predicted molar refractivity (Wildman–Crippen MR) is 89.2 cm³/mol. The summed E-state index contributed by atoms with van der Waals surface area (Å²) in [6, 6.07) is 7.63. The Morgan fingerprint density at radius 1 is 1.22 bits per heavy atom. The molecule has 0 radical (unpaired) electrons. The first-order chi connectivity index (χ1) is 10.9. The maximum atomic E-state index is 12.1. The van der Waals surface area contributed by atoms with E-state index in [9.17, 15) is 9.59 Å². The summed E-state index contributed by atoms with van der Waals surface area (Å²) in [5, 5.41) is 3.27. The molecule has 1 aromatic heterocycles. The number of carbonyl (C=O) groups excluding carboxylic acids is 2. The molecule has 1 heterocycles. The Kier molecular flexibility index (Phi) is 5.82. The minimum atomic E-state index is -1.06. The van der Waals surface area contributed by atoms with Crippen molar-refractivity contribution in [1.29, 1.82) is 0 Å². The van der Waals surface area contributed by atoms with Gasteiger partial charge in [0.05, 0.1) is 16.3 Å². The van der Waals surface area contributed by atoms with E-state index in [1.165, 1.54) is 25.3 Å². The quantitative estimate of drug-likeness (QED) is 0.643. The number of nitrogens with one attached hydrogen (secondary N) is 1. The molecule has 0 spiro atoms. The number of esters is 1. The van der Waals surface area contributed by atoms with E-state index in [1.807, 2.05) is 0 Å². The third kappa shape index (κ3) is 4.58. The van der Waals surface area contributed by atoms with Crippen molar-refractivity contribution in [2.24, 2.45) is 0 Å². The van der Waals surface area contributed by atoms with Crippen LogP contribution in [0.4, 0.5) is 5.69 Å². The zero-order valence-corrected chi connectivity index (χ0v) is 14.1. The van der Waals surface area contributed by atoms with Gasteiger partial charge in [-0.3, -0.25) is 4.79 Å². The van der Waals surface area contributed by atoms with E-state index < -0.39 is 18.0 Å². The van der Waals surface area contributed by atoms with Gasteiger partial charge in [-0.2, -0.15) is 0 Å². The Balaban J connectivity index is 2.04. The van der Waals surface area contributed by atoms with Gasteiger partial charge in [-0.25, -0.2) is 9.78 Å². The topological polar surface area (TPSA) is 68.3 Å². The fourth-order valence-corrected chi connectivity index (χ4v) is 2.18. The monoisotopic (exact) mass is 372 g/mol. The Bertz CT molecular complexity index is 752. The van der Waals surface area contributed by atoms with Gasteiger partial charge in [0.2, 0.25) is 0 Å². The maximum Gasteiger partial charge on any atom is 0.342 e. The van der Waals surface area contributed by atoms with Gasteiger partial charge < -0.3 is 10.1 Å². The minimum Gasteiger partial charge on any atom is -0.449 e. The minimum absolute atomic E-state index is 0.00277. The van der Waals surface area contributed by atoms with Crippen LogP contribution in [-0.4, -0.2) is 23.0 Å². The Morgan fingerprint density at radius 2 is 1.96 bits per heavy atom. The molecule has 1 aromatic carbocycles. The van der Waals surface area contributed by atoms with Crippen LogP contribution >= 0.6 is 34.8 Å². The van der Waals surface area contributed by atoms with E-state index in [1.54, 1.807) is 18.2 Å². The van der Waals surface area contributed by atoms with Crippen molar-refractivity contribution < 1.29 is 14.3 Å².